The number of nitrogens with one attached hydrogen (secondary N) is 1. The Balaban J connectivity index is 2.25. The molecule has 1 aliphatic rings. The largest absolute Gasteiger partial charge is 0.356 e. The zero-order valence-corrected chi connectivity index (χ0v) is 13.8. The van der Waals surface area contributed by atoms with Gasteiger partial charge < -0.3 is 5.32 Å². The van der Waals surface area contributed by atoms with Gasteiger partial charge in [0.25, 0.3) is 0 Å². The van der Waals surface area contributed by atoms with E-state index in [0.29, 0.717) is 12.5 Å². The molecule has 2 atom stereocenters. The van der Waals surface area contributed by atoms with Crippen LogP contribution in [0.3, 0.4) is 0 Å². The summed E-state index contributed by atoms with van der Waals surface area (Å²) >= 11 is 0. The molecule has 1 saturated heterocycles. The molecule has 3 heteroatoms. The Morgan fingerprint density at radius 1 is 1.30 bits per heavy atom. The summed E-state index contributed by atoms with van der Waals surface area (Å²) in [5.41, 5.74) is 0. The van der Waals surface area contributed by atoms with E-state index in [-0.39, 0.29) is 5.91 Å². The molecular weight excluding hydrogens is 248 g/mol. The highest BCUT2D eigenvalue weighted by atomic mass is 16.1. The first-order valence-corrected chi connectivity index (χ1v) is 8.69. The highest BCUT2D eigenvalue weighted by Crippen LogP contribution is 2.27. The smallest absolute Gasteiger partial charge is 0.221 e. The third kappa shape index (κ3) is 6.25. The number of nitrogens with zero attached hydrogens (tertiary/aromatic N) is 1. The second kappa shape index (κ2) is 10.2. The standard InChI is InChI=1S/C17H34N2O/c1-4-6-9-15(3)16-10-8-13-19(16)14-11-17(20)18-12-7-5-2/h15-16H,4-14H2,1-3H3,(H,18,20). The summed E-state index contributed by atoms with van der Waals surface area (Å²) in [5.74, 6) is 1.01. The lowest BCUT2D eigenvalue weighted by Crippen LogP contribution is -2.37. The van der Waals surface area contributed by atoms with Gasteiger partial charge in [-0.2, -0.15) is 0 Å². The van der Waals surface area contributed by atoms with Crippen molar-refractivity contribution in [2.24, 2.45) is 5.92 Å². The van der Waals surface area contributed by atoms with Crippen molar-refractivity contribution in [3.05, 3.63) is 0 Å². The van der Waals surface area contributed by atoms with Crippen molar-refractivity contribution < 1.29 is 4.79 Å². The highest BCUT2D eigenvalue weighted by Gasteiger charge is 2.28. The molecule has 1 heterocycles. The van der Waals surface area contributed by atoms with Crippen LogP contribution in [0.5, 0.6) is 0 Å². The molecule has 0 radical (unpaired) electrons. The van der Waals surface area contributed by atoms with Crippen molar-refractivity contribution in [2.75, 3.05) is 19.6 Å². The van der Waals surface area contributed by atoms with E-state index in [0.717, 1.165) is 31.8 Å². The minimum absolute atomic E-state index is 0.227. The molecule has 118 valence electrons. The molecule has 0 spiro atoms. The molecule has 1 rings (SSSR count). The first kappa shape index (κ1) is 17.5. The lowest BCUT2D eigenvalue weighted by molar-refractivity contribution is -0.121. The average molecular weight is 282 g/mol. The van der Waals surface area contributed by atoms with Crippen molar-refractivity contribution in [2.45, 2.75) is 78.2 Å². The molecule has 0 aliphatic carbocycles. The fraction of sp³-hybridized carbons (Fsp3) is 0.941. The van der Waals surface area contributed by atoms with Crippen LogP contribution in [-0.2, 0) is 4.79 Å². The molecule has 0 aromatic heterocycles. The predicted molar refractivity (Wildman–Crippen MR) is 85.8 cm³/mol. The van der Waals surface area contributed by atoms with Crippen molar-refractivity contribution in [3.63, 3.8) is 0 Å². The molecule has 1 N–H and O–H groups in total. The van der Waals surface area contributed by atoms with Crippen LogP contribution in [0.4, 0.5) is 0 Å². The van der Waals surface area contributed by atoms with Crippen LogP contribution in [0.15, 0.2) is 0 Å². The van der Waals surface area contributed by atoms with E-state index in [2.05, 4.69) is 31.0 Å². The third-order valence-electron chi connectivity index (χ3n) is 4.56. The van der Waals surface area contributed by atoms with Gasteiger partial charge in [-0.1, -0.05) is 40.0 Å². The van der Waals surface area contributed by atoms with Gasteiger partial charge in [0.1, 0.15) is 0 Å². The van der Waals surface area contributed by atoms with Crippen LogP contribution in [0, 0.1) is 5.92 Å². The van der Waals surface area contributed by atoms with E-state index in [1.54, 1.807) is 0 Å². The first-order chi connectivity index (χ1) is 9.69. The van der Waals surface area contributed by atoms with Crippen molar-refractivity contribution in [3.8, 4) is 0 Å². The molecule has 1 fully saturated rings. The van der Waals surface area contributed by atoms with Crippen LogP contribution in [-0.4, -0.2) is 36.5 Å². The Morgan fingerprint density at radius 2 is 2.05 bits per heavy atom. The van der Waals surface area contributed by atoms with E-state index in [1.165, 1.54) is 38.6 Å². The molecule has 1 amide bonds. The molecular formula is C17H34N2O. The Labute approximate surface area is 125 Å². The number of unbranched alkanes of at least 4 members (excludes halogenated alkanes) is 2. The van der Waals surface area contributed by atoms with E-state index in [9.17, 15) is 4.79 Å². The van der Waals surface area contributed by atoms with Crippen LogP contribution in [0.2, 0.25) is 0 Å². The normalized spacial score (nSPS) is 21.1. The van der Waals surface area contributed by atoms with Crippen molar-refractivity contribution >= 4 is 5.91 Å². The minimum atomic E-state index is 0.227. The number of likely N-dealkylation sites (tertiary alicyclic amines) is 1. The fourth-order valence-corrected chi connectivity index (χ4v) is 3.23. The molecule has 1 aliphatic heterocycles. The van der Waals surface area contributed by atoms with E-state index in [4.69, 9.17) is 0 Å². The van der Waals surface area contributed by atoms with E-state index >= 15 is 0 Å². The lowest BCUT2D eigenvalue weighted by Gasteiger charge is -2.29. The zero-order chi connectivity index (χ0) is 14.8. The SMILES string of the molecule is CCCCNC(=O)CCN1CCCC1C(C)CCCC. The van der Waals surface area contributed by atoms with Crippen LogP contribution in [0.25, 0.3) is 0 Å². The van der Waals surface area contributed by atoms with Crippen LogP contribution in [0.1, 0.15) is 72.1 Å². The topological polar surface area (TPSA) is 32.3 Å². The fourth-order valence-electron chi connectivity index (χ4n) is 3.23. The summed E-state index contributed by atoms with van der Waals surface area (Å²) in [6, 6.07) is 0.713. The monoisotopic (exact) mass is 282 g/mol. The minimum Gasteiger partial charge on any atom is -0.356 e. The third-order valence-corrected chi connectivity index (χ3v) is 4.56. The molecule has 0 saturated carbocycles. The van der Waals surface area contributed by atoms with Gasteiger partial charge in [0, 0.05) is 25.6 Å². The Kier molecular flexibility index (Phi) is 8.92. The number of hydrogen-bond acceptors (Lipinski definition) is 2. The molecule has 0 bridgehead atoms. The number of carbonyl (C=O) groups excluding carboxylic acids is 1. The van der Waals surface area contributed by atoms with Gasteiger partial charge in [-0.3, -0.25) is 9.69 Å². The number of carbonyl (C=O) groups is 1. The van der Waals surface area contributed by atoms with Gasteiger partial charge >= 0.3 is 0 Å². The van der Waals surface area contributed by atoms with Crippen molar-refractivity contribution in [1.29, 1.82) is 0 Å². The van der Waals surface area contributed by atoms with Gasteiger partial charge in [-0.25, -0.2) is 0 Å². The van der Waals surface area contributed by atoms with E-state index in [1.807, 2.05) is 0 Å². The molecule has 2 unspecified atom stereocenters. The summed E-state index contributed by atoms with van der Waals surface area (Å²) in [4.78, 5) is 14.3. The van der Waals surface area contributed by atoms with Crippen LogP contribution >= 0.6 is 0 Å². The van der Waals surface area contributed by atoms with Crippen LogP contribution < -0.4 is 5.32 Å². The second-order valence-electron chi connectivity index (χ2n) is 6.32. The molecule has 20 heavy (non-hydrogen) atoms. The van der Waals surface area contributed by atoms with E-state index < -0.39 is 0 Å². The highest BCUT2D eigenvalue weighted by molar-refractivity contribution is 5.76. The average Bonchev–Trinajstić information content (AvgIpc) is 2.91. The van der Waals surface area contributed by atoms with Crippen molar-refractivity contribution in [1.82, 2.24) is 10.2 Å². The number of amides is 1. The molecule has 3 nitrogen and oxygen atoms in total. The summed E-state index contributed by atoms with van der Waals surface area (Å²) in [6.45, 7) is 9.77. The predicted octanol–water partition coefficient (Wildman–Crippen LogP) is 3.58. The zero-order valence-electron chi connectivity index (χ0n) is 13.8. The molecule has 0 aromatic carbocycles. The first-order valence-electron chi connectivity index (χ1n) is 8.69. The maximum Gasteiger partial charge on any atom is 0.221 e. The maximum absolute atomic E-state index is 11.8. The summed E-state index contributed by atoms with van der Waals surface area (Å²) in [6.07, 6.45) is 9.48. The summed E-state index contributed by atoms with van der Waals surface area (Å²) < 4.78 is 0. The maximum atomic E-state index is 11.8. The summed E-state index contributed by atoms with van der Waals surface area (Å²) in [7, 11) is 0. The number of rotatable bonds is 10. The van der Waals surface area contributed by atoms with Gasteiger partial charge in [0.15, 0.2) is 0 Å². The molecule has 0 aromatic rings. The lowest BCUT2D eigenvalue weighted by atomic mass is 9.94. The number of hydrogen-bond donors (Lipinski definition) is 1. The van der Waals surface area contributed by atoms with Gasteiger partial charge in [0.2, 0.25) is 5.91 Å². The quantitative estimate of drug-likeness (QED) is 0.621. The second-order valence-corrected chi connectivity index (χ2v) is 6.32. The summed E-state index contributed by atoms with van der Waals surface area (Å²) in [5, 5.41) is 3.02. The van der Waals surface area contributed by atoms with Gasteiger partial charge in [0.05, 0.1) is 0 Å². The Morgan fingerprint density at radius 3 is 2.75 bits per heavy atom. The van der Waals surface area contributed by atoms with Gasteiger partial charge in [-0.05, 0) is 38.1 Å². The van der Waals surface area contributed by atoms with Gasteiger partial charge in [-0.15, -0.1) is 0 Å². The Bertz CT molecular complexity index is 268. The Hall–Kier alpha value is -0.570.